The van der Waals surface area contributed by atoms with Gasteiger partial charge in [-0.25, -0.2) is 4.98 Å². The zero-order chi connectivity index (χ0) is 14.4. The van der Waals surface area contributed by atoms with Crippen LogP contribution < -0.4 is 0 Å². The summed E-state index contributed by atoms with van der Waals surface area (Å²) in [7, 11) is 0. The lowest BCUT2D eigenvalue weighted by Crippen LogP contribution is -2.17. The summed E-state index contributed by atoms with van der Waals surface area (Å²) in [6.07, 6.45) is 6.49. The van der Waals surface area contributed by atoms with Gasteiger partial charge in [-0.2, -0.15) is 0 Å². The summed E-state index contributed by atoms with van der Waals surface area (Å²) in [5, 5.41) is 0.787. The van der Waals surface area contributed by atoms with Crippen molar-refractivity contribution in [3.8, 4) is 0 Å². The van der Waals surface area contributed by atoms with E-state index in [1.54, 1.807) is 0 Å². The van der Waals surface area contributed by atoms with E-state index in [1.165, 1.54) is 31.2 Å². The number of hydrogen-bond donors (Lipinski definition) is 0. The van der Waals surface area contributed by atoms with Gasteiger partial charge in [0.1, 0.15) is 5.82 Å². The standard InChI is InChI=1S/C17H20Cl2N2/c18-8-7-17-20-15-6-5-13(19)9-16(15)21(17)10-14(11-1-2-11)12-3-4-12/h5-6,9,11-12,14H,1-4,7-8,10H2. The zero-order valence-corrected chi connectivity index (χ0v) is 13.6. The predicted octanol–water partition coefficient (Wildman–Crippen LogP) is 4.91. The minimum Gasteiger partial charge on any atom is -0.328 e. The molecule has 2 aliphatic rings. The molecular formula is C17H20Cl2N2. The van der Waals surface area contributed by atoms with E-state index in [-0.39, 0.29) is 0 Å². The van der Waals surface area contributed by atoms with E-state index in [4.69, 9.17) is 28.2 Å². The smallest absolute Gasteiger partial charge is 0.111 e. The van der Waals surface area contributed by atoms with Crippen LogP contribution in [0.1, 0.15) is 31.5 Å². The van der Waals surface area contributed by atoms with E-state index in [1.807, 2.05) is 12.1 Å². The molecule has 1 heterocycles. The number of benzene rings is 1. The second kappa shape index (κ2) is 5.48. The maximum absolute atomic E-state index is 6.20. The minimum atomic E-state index is 0.620. The molecule has 2 saturated carbocycles. The fourth-order valence-electron chi connectivity index (χ4n) is 3.57. The van der Waals surface area contributed by atoms with Crippen LogP contribution in [0.2, 0.25) is 5.02 Å². The highest BCUT2D eigenvalue weighted by Gasteiger charge is 2.41. The van der Waals surface area contributed by atoms with Crippen LogP contribution in [0.15, 0.2) is 18.2 Å². The SMILES string of the molecule is ClCCc1nc2ccc(Cl)cc2n1CC(C1CC1)C1CC1. The van der Waals surface area contributed by atoms with Crippen molar-refractivity contribution >= 4 is 34.2 Å². The van der Waals surface area contributed by atoms with Crippen LogP contribution in [0.4, 0.5) is 0 Å². The molecule has 2 nitrogen and oxygen atoms in total. The molecule has 2 aliphatic carbocycles. The first-order valence-electron chi connectivity index (χ1n) is 7.97. The highest BCUT2D eigenvalue weighted by atomic mass is 35.5. The van der Waals surface area contributed by atoms with Gasteiger partial charge in [-0.05, 0) is 61.6 Å². The minimum absolute atomic E-state index is 0.620. The Balaban J connectivity index is 1.73. The summed E-state index contributed by atoms with van der Waals surface area (Å²) in [6.45, 7) is 1.10. The fourth-order valence-corrected chi connectivity index (χ4v) is 3.90. The van der Waals surface area contributed by atoms with Crippen LogP contribution in [0.25, 0.3) is 11.0 Å². The molecule has 0 radical (unpaired) electrons. The van der Waals surface area contributed by atoms with Crippen LogP contribution in [0, 0.1) is 17.8 Å². The molecule has 0 aliphatic heterocycles. The van der Waals surface area contributed by atoms with Crippen LogP contribution in [0.5, 0.6) is 0 Å². The summed E-state index contributed by atoms with van der Waals surface area (Å²) >= 11 is 12.2. The zero-order valence-electron chi connectivity index (χ0n) is 12.1. The molecule has 2 aromatic rings. The van der Waals surface area contributed by atoms with Crippen LogP contribution in [-0.4, -0.2) is 15.4 Å². The fraction of sp³-hybridized carbons (Fsp3) is 0.588. The summed E-state index contributed by atoms with van der Waals surface area (Å²) in [5.41, 5.74) is 2.22. The maximum Gasteiger partial charge on any atom is 0.111 e. The Kier molecular flexibility index (Phi) is 3.63. The topological polar surface area (TPSA) is 17.8 Å². The predicted molar refractivity (Wildman–Crippen MR) is 88.1 cm³/mol. The number of aryl methyl sites for hydroxylation is 1. The van der Waals surface area contributed by atoms with Crippen LogP contribution in [-0.2, 0) is 13.0 Å². The van der Waals surface area contributed by atoms with E-state index < -0.39 is 0 Å². The first-order valence-corrected chi connectivity index (χ1v) is 8.88. The molecule has 0 amide bonds. The van der Waals surface area contributed by atoms with Crippen molar-refractivity contribution < 1.29 is 0 Å². The Morgan fingerprint density at radius 2 is 1.90 bits per heavy atom. The van der Waals surface area contributed by atoms with Crippen molar-refractivity contribution in [3.63, 3.8) is 0 Å². The van der Waals surface area contributed by atoms with Gasteiger partial charge < -0.3 is 4.57 Å². The summed E-state index contributed by atoms with van der Waals surface area (Å²) in [5.74, 6) is 4.45. The molecular weight excluding hydrogens is 303 g/mol. The Morgan fingerprint density at radius 3 is 2.52 bits per heavy atom. The average molecular weight is 323 g/mol. The van der Waals surface area contributed by atoms with Crippen molar-refractivity contribution in [2.24, 2.45) is 17.8 Å². The van der Waals surface area contributed by atoms with Crippen molar-refractivity contribution in [2.75, 3.05) is 5.88 Å². The molecule has 0 saturated heterocycles. The average Bonchev–Trinajstić information content (AvgIpc) is 3.35. The molecule has 1 aromatic carbocycles. The van der Waals surface area contributed by atoms with Gasteiger partial charge in [-0.3, -0.25) is 0 Å². The van der Waals surface area contributed by atoms with Crippen molar-refractivity contribution in [1.29, 1.82) is 0 Å². The largest absolute Gasteiger partial charge is 0.328 e. The molecule has 112 valence electrons. The second-order valence-corrected chi connectivity index (χ2v) is 7.36. The third-order valence-electron chi connectivity index (χ3n) is 4.96. The third-order valence-corrected chi connectivity index (χ3v) is 5.38. The summed E-state index contributed by atoms with van der Waals surface area (Å²) in [4.78, 5) is 4.78. The molecule has 1 aromatic heterocycles. The molecule has 0 unspecified atom stereocenters. The quantitative estimate of drug-likeness (QED) is 0.691. The van der Waals surface area contributed by atoms with Gasteiger partial charge in [0.2, 0.25) is 0 Å². The molecule has 4 rings (SSSR count). The van der Waals surface area contributed by atoms with Gasteiger partial charge in [-0.15, -0.1) is 11.6 Å². The lowest BCUT2D eigenvalue weighted by Gasteiger charge is -2.18. The van der Waals surface area contributed by atoms with Gasteiger partial charge >= 0.3 is 0 Å². The molecule has 4 heteroatoms. The van der Waals surface area contributed by atoms with Crippen molar-refractivity contribution in [2.45, 2.75) is 38.6 Å². The van der Waals surface area contributed by atoms with Crippen LogP contribution in [0.3, 0.4) is 0 Å². The molecule has 0 N–H and O–H groups in total. The summed E-state index contributed by atoms with van der Waals surface area (Å²) in [6, 6.07) is 6.00. The number of rotatable bonds is 6. The lowest BCUT2D eigenvalue weighted by molar-refractivity contribution is 0.349. The second-order valence-electron chi connectivity index (χ2n) is 6.55. The van der Waals surface area contributed by atoms with Crippen molar-refractivity contribution in [3.05, 3.63) is 29.0 Å². The number of fused-ring (bicyclic) bond motifs is 1. The lowest BCUT2D eigenvalue weighted by atomic mass is 9.97. The Hall–Kier alpha value is -0.730. The van der Waals surface area contributed by atoms with E-state index in [9.17, 15) is 0 Å². The first-order chi connectivity index (χ1) is 10.3. The van der Waals surface area contributed by atoms with Gasteiger partial charge in [0, 0.05) is 23.9 Å². The van der Waals surface area contributed by atoms with E-state index in [2.05, 4.69) is 10.6 Å². The Morgan fingerprint density at radius 1 is 1.19 bits per heavy atom. The van der Waals surface area contributed by atoms with Gasteiger partial charge in [0.25, 0.3) is 0 Å². The van der Waals surface area contributed by atoms with E-state index in [0.29, 0.717) is 5.88 Å². The number of nitrogens with zero attached hydrogens (tertiary/aromatic N) is 2. The van der Waals surface area contributed by atoms with Gasteiger partial charge in [-0.1, -0.05) is 11.6 Å². The van der Waals surface area contributed by atoms with Gasteiger partial charge in [0.15, 0.2) is 0 Å². The van der Waals surface area contributed by atoms with Gasteiger partial charge in [0.05, 0.1) is 11.0 Å². The third kappa shape index (κ3) is 2.80. The number of halogens is 2. The molecule has 0 atom stereocenters. The Labute approximate surface area is 135 Å². The molecule has 21 heavy (non-hydrogen) atoms. The Bertz CT molecular complexity index is 644. The number of aromatic nitrogens is 2. The summed E-state index contributed by atoms with van der Waals surface area (Å²) < 4.78 is 2.39. The highest BCUT2D eigenvalue weighted by molar-refractivity contribution is 6.31. The highest BCUT2D eigenvalue weighted by Crippen LogP contribution is 2.50. The number of imidazole rings is 1. The molecule has 2 fully saturated rings. The first kappa shape index (κ1) is 13.9. The van der Waals surface area contributed by atoms with E-state index >= 15 is 0 Å². The maximum atomic E-state index is 6.20. The monoisotopic (exact) mass is 322 g/mol. The van der Waals surface area contributed by atoms with Crippen LogP contribution >= 0.6 is 23.2 Å². The molecule has 0 spiro atoms. The normalized spacial score (nSPS) is 18.8. The number of hydrogen-bond acceptors (Lipinski definition) is 1. The van der Waals surface area contributed by atoms with E-state index in [0.717, 1.165) is 47.1 Å². The molecule has 0 bridgehead atoms. The number of alkyl halides is 1. The van der Waals surface area contributed by atoms with Crippen molar-refractivity contribution in [1.82, 2.24) is 9.55 Å².